The van der Waals surface area contributed by atoms with Crippen molar-refractivity contribution in [2.75, 3.05) is 18.1 Å². The Balaban J connectivity index is 1.56. The first kappa shape index (κ1) is 22.0. The molecule has 6 nitrogen and oxygen atoms in total. The van der Waals surface area contributed by atoms with Crippen LogP contribution in [0.15, 0.2) is 29.2 Å². The van der Waals surface area contributed by atoms with Crippen LogP contribution in [0.5, 0.6) is 0 Å². The van der Waals surface area contributed by atoms with Crippen molar-refractivity contribution >= 4 is 56.0 Å². The number of thioether (sulfide) groups is 1. The normalized spacial score (nSPS) is 22.7. The van der Waals surface area contributed by atoms with Crippen LogP contribution in [0.25, 0.3) is 6.08 Å². The smallest absolute Gasteiger partial charge is 0.266 e. The van der Waals surface area contributed by atoms with Crippen molar-refractivity contribution in [1.82, 2.24) is 10.2 Å². The fourth-order valence-electron chi connectivity index (χ4n) is 3.24. The Morgan fingerprint density at radius 3 is 2.62 bits per heavy atom. The van der Waals surface area contributed by atoms with Gasteiger partial charge >= 0.3 is 0 Å². The maximum Gasteiger partial charge on any atom is 0.266 e. The topological polar surface area (TPSA) is 83.6 Å². The standard InChI is InChI=1S/C20H24N2O4S3/c1-13(2)15-5-3-14(4-6-15)11-17-19(24)22(20(27)28-17)9-7-18(23)21-16-8-10-29(25,26)12-16/h3-6,11,13,16H,7-10,12H2,1-2H3,(H,21,23)/b17-11-. The molecule has 0 spiro atoms. The molecule has 2 amide bonds. The minimum absolute atomic E-state index is 0.0157. The van der Waals surface area contributed by atoms with E-state index in [1.807, 2.05) is 30.3 Å². The second-order valence-electron chi connectivity index (χ2n) is 7.57. The highest BCUT2D eigenvalue weighted by atomic mass is 32.2. The molecule has 1 atom stereocenters. The zero-order valence-electron chi connectivity index (χ0n) is 16.4. The summed E-state index contributed by atoms with van der Waals surface area (Å²) in [5.74, 6) is 0.0598. The lowest BCUT2D eigenvalue weighted by molar-refractivity contribution is -0.124. The van der Waals surface area contributed by atoms with E-state index in [0.29, 0.717) is 21.6 Å². The van der Waals surface area contributed by atoms with E-state index in [9.17, 15) is 18.0 Å². The highest BCUT2D eigenvalue weighted by Crippen LogP contribution is 2.32. The van der Waals surface area contributed by atoms with Crippen molar-refractivity contribution in [3.8, 4) is 0 Å². The van der Waals surface area contributed by atoms with E-state index < -0.39 is 9.84 Å². The van der Waals surface area contributed by atoms with Crippen LogP contribution >= 0.6 is 24.0 Å². The summed E-state index contributed by atoms with van der Waals surface area (Å²) < 4.78 is 23.4. The summed E-state index contributed by atoms with van der Waals surface area (Å²) in [5, 5.41) is 2.73. The first-order valence-corrected chi connectivity index (χ1v) is 12.5. The van der Waals surface area contributed by atoms with Crippen LogP contribution in [0.3, 0.4) is 0 Å². The molecule has 2 aliphatic rings. The van der Waals surface area contributed by atoms with E-state index in [-0.39, 0.29) is 42.3 Å². The van der Waals surface area contributed by atoms with Crippen molar-refractivity contribution in [3.63, 3.8) is 0 Å². The molecule has 0 radical (unpaired) electrons. The van der Waals surface area contributed by atoms with Crippen LogP contribution in [0, 0.1) is 0 Å². The fraction of sp³-hybridized carbons (Fsp3) is 0.450. The van der Waals surface area contributed by atoms with Crippen LogP contribution in [-0.4, -0.2) is 53.5 Å². The van der Waals surface area contributed by atoms with Crippen LogP contribution in [-0.2, 0) is 19.4 Å². The summed E-state index contributed by atoms with van der Waals surface area (Å²) in [6.07, 6.45) is 2.33. The highest BCUT2D eigenvalue weighted by Gasteiger charge is 2.33. The van der Waals surface area contributed by atoms with Crippen molar-refractivity contribution in [3.05, 3.63) is 40.3 Å². The van der Waals surface area contributed by atoms with Gasteiger partial charge in [-0.25, -0.2) is 8.42 Å². The Morgan fingerprint density at radius 2 is 2.03 bits per heavy atom. The number of nitrogens with zero attached hydrogens (tertiary/aromatic N) is 1. The molecule has 1 unspecified atom stereocenters. The Labute approximate surface area is 181 Å². The molecule has 29 heavy (non-hydrogen) atoms. The second-order valence-corrected chi connectivity index (χ2v) is 11.5. The van der Waals surface area contributed by atoms with Gasteiger partial charge in [0.05, 0.1) is 16.4 Å². The number of carbonyl (C=O) groups is 2. The first-order chi connectivity index (χ1) is 13.6. The number of hydrogen-bond acceptors (Lipinski definition) is 6. The summed E-state index contributed by atoms with van der Waals surface area (Å²) in [5.41, 5.74) is 2.16. The fourth-order valence-corrected chi connectivity index (χ4v) is 6.23. The number of benzene rings is 1. The minimum atomic E-state index is -3.04. The molecule has 0 aromatic heterocycles. The summed E-state index contributed by atoms with van der Waals surface area (Å²) >= 11 is 6.54. The molecule has 3 rings (SSSR count). The SMILES string of the molecule is CC(C)c1ccc(/C=C2\SC(=S)N(CCC(=O)NC3CCS(=O)(=O)C3)C2=O)cc1. The van der Waals surface area contributed by atoms with E-state index in [2.05, 4.69) is 19.2 Å². The van der Waals surface area contributed by atoms with Gasteiger partial charge in [-0.05, 0) is 29.5 Å². The van der Waals surface area contributed by atoms with Crippen LogP contribution < -0.4 is 5.32 Å². The second kappa shape index (κ2) is 8.97. The van der Waals surface area contributed by atoms with E-state index >= 15 is 0 Å². The quantitative estimate of drug-likeness (QED) is 0.528. The van der Waals surface area contributed by atoms with Crippen molar-refractivity contribution in [2.45, 2.75) is 38.6 Å². The van der Waals surface area contributed by atoms with Gasteiger partial charge in [-0.15, -0.1) is 0 Å². The first-order valence-electron chi connectivity index (χ1n) is 9.50. The molecule has 9 heteroatoms. The molecule has 2 saturated heterocycles. The molecule has 1 aromatic rings. The van der Waals surface area contributed by atoms with Crippen LogP contribution in [0.4, 0.5) is 0 Å². The number of nitrogens with one attached hydrogen (secondary N) is 1. The molecule has 0 aliphatic carbocycles. The monoisotopic (exact) mass is 452 g/mol. The molecule has 1 aromatic carbocycles. The van der Waals surface area contributed by atoms with Gasteiger partial charge in [0.25, 0.3) is 5.91 Å². The van der Waals surface area contributed by atoms with E-state index in [0.717, 1.165) is 5.56 Å². The van der Waals surface area contributed by atoms with Crippen LogP contribution in [0.2, 0.25) is 0 Å². The van der Waals surface area contributed by atoms with Gasteiger partial charge in [-0.1, -0.05) is 62.1 Å². The number of thiocarbonyl (C=S) groups is 1. The average Bonchev–Trinajstić information content (AvgIpc) is 3.12. The zero-order chi connectivity index (χ0) is 21.2. The Hall–Kier alpha value is -1.71. The molecule has 156 valence electrons. The van der Waals surface area contributed by atoms with Crippen LogP contribution in [0.1, 0.15) is 43.7 Å². The number of carbonyl (C=O) groups excluding carboxylic acids is 2. The summed E-state index contributed by atoms with van der Waals surface area (Å²) in [7, 11) is -3.04. The summed E-state index contributed by atoms with van der Waals surface area (Å²) in [6, 6.07) is 7.71. The van der Waals surface area contributed by atoms with E-state index in [1.54, 1.807) is 0 Å². The van der Waals surface area contributed by atoms with E-state index in [1.165, 1.54) is 22.2 Å². The Morgan fingerprint density at radius 1 is 1.34 bits per heavy atom. The van der Waals surface area contributed by atoms with Gasteiger partial charge in [0.2, 0.25) is 5.91 Å². The molecule has 0 saturated carbocycles. The van der Waals surface area contributed by atoms with Gasteiger partial charge in [-0.3, -0.25) is 14.5 Å². The third kappa shape index (κ3) is 5.67. The molecule has 0 bridgehead atoms. The Bertz CT molecular complexity index is 952. The molecular formula is C20H24N2O4S3. The summed E-state index contributed by atoms with van der Waals surface area (Å²) in [4.78, 5) is 26.8. The lowest BCUT2D eigenvalue weighted by atomic mass is 10.0. The number of amides is 2. The number of hydrogen-bond donors (Lipinski definition) is 1. The lowest BCUT2D eigenvalue weighted by Crippen LogP contribution is -2.38. The van der Waals surface area contributed by atoms with Gasteiger partial charge in [0, 0.05) is 19.0 Å². The summed E-state index contributed by atoms with van der Waals surface area (Å²) in [6.45, 7) is 4.43. The molecule has 2 fully saturated rings. The molecule has 2 aliphatic heterocycles. The van der Waals surface area contributed by atoms with Crippen molar-refractivity contribution in [1.29, 1.82) is 0 Å². The van der Waals surface area contributed by atoms with Gasteiger partial charge in [0.15, 0.2) is 9.84 Å². The Kier molecular flexibility index (Phi) is 6.80. The highest BCUT2D eigenvalue weighted by molar-refractivity contribution is 8.26. The third-order valence-electron chi connectivity index (χ3n) is 4.93. The maximum atomic E-state index is 12.7. The van der Waals surface area contributed by atoms with Gasteiger partial charge in [0.1, 0.15) is 4.32 Å². The minimum Gasteiger partial charge on any atom is -0.352 e. The average molecular weight is 453 g/mol. The third-order valence-corrected chi connectivity index (χ3v) is 8.08. The maximum absolute atomic E-state index is 12.7. The zero-order valence-corrected chi connectivity index (χ0v) is 18.8. The van der Waals surface area contributed by atoms with Crippen molar-refractivity contribution < 1.29 is 18.0 Å². The number of rotatable bonds is 6. The van der Waals surface area contributed by atoms with Crippen molar-refractivity contribution in [2.24, 2.45) is 0 Å². The lowest BCUT2D eigenvalue weighted by Gasteiger charge is -2.15. The van der Waals surface area contributed by atoms with Gasteiger partial charge < -0.3 is 5.32 Å². The van der Waals surface area contributed by atoms with E-state index in [4.69, 9.17) is 12.2 Å². The predicted octanol–water partition coefficient (Wildman–Crippen LogP) is 2.70. The molecule has 1 N–H and O–H groups in total. The predicted molar refractivity (Wildman–Crippen MR) is 120 cm³/mol. The molecule has 2 heterocycles. The largest absolute Gasteiger partial charge is 0.352 e. The molecular weight excluding hydrogens is 428 g/mol. The number of sulfone groups is 1. The van der Waals surface area contributed by atoms with Gasteiger partial charge in [-0.2, -0.15) is 0 Å².